The van der Waals surface area contributed by atoms with E-state index in [9.17, 15) is 13.2 Å². The van der Waals surface area contributed by atoms with Crippen LogP contribution in [0.25, 0.3) is 0 Å². The fourth-order valence-corrected chi connectivity index (χ4v) is 2.54. The summed E-state index contributed by atoms with van der Waals surface area (Å²) in [6.07, 6.45) is 0.820. The number of nitrogens with zero attached hydrogens (tertiary/aromatic N) is 1. The van der Waals surface area contributed by atoms with Crippen molar-refractivity contribution in [2.75, 3.05) is 23.7 Å². The van der Waals surface area contributed by atoms with Gasteiger partial charge in [0.05, 0.1) is 5.75 Å². The van der Waals surface area contributed by atoms with Crippen LogP contribution < -0.4 is 9.62 Å². The number of sulfonamides is 1. The Hall–Kier alpha value is -1.40. The zero-order valence-corrected chi connectivity index (χ0v) is 13.0. The molecule has 1 N–H and O–H groups in total. The van der Waals surface area contributed by atoms with E-state index in [-0.39, 0.29) is 18.2 Å². The number of hydrogen-bond acceptors (Lipinski definition) is 3. The van der Waals surface area contributed by atoms with Crippen LogP contribution in [0.1, 0.15) is 26.3 Å². The van der Waals surface area contributed by atoms with E-state index in [1.54, 1.807) is 11.8 Å². The van der Waals surface area contributed by atoms with Crippen LogP contribution in [-0.4, -0.2) is 33.2 Å². The van der Waals surface area contributed by atoms with Crippen molar-refractivity contribution in [2.24, 2.45) is 0 Å². The molecule has 1 rings (SSSR count). The minimum absolute atomic E-state index is 0.0403. The zero-order chi connectivity index (χ0) is 15.2. The molecule has 0 aliphatic rings. The highest BCUT2D eigenvalue weighted by molar-refractivity contribution is 7.89. The maximum atomic E-state index is 11.8. The number of amides is 1. The third kappa shape index (κ3) is 4.61. The third-order valence-electron chi connectivity index (χ3n) is 3.08. The first-order valence-corrected chi connectivity index (χ1v) is 8.39. The van der Waals surface area contributed by atoms with Gasteiger partial charge in [-0.3, -0.25) is 4.79 Å². The number of aryl methyl sites for hydroxylation is 1. The summed E-state index contributed by atoms with van der Waals surface area (Å²) in [6, 6.07) is 7.66. The largest absolute Gasteiger partial charge is 0.311 e. The fourth-order valence-electron chi connectivity index (χ4n) is 1.94. The molecular weight excluding hydrogens is 276 g/mol. The second kappa shape index (κ2) is 7.40. The first-order valence-electron chi connectivity index (χ1n) is 6.74. The van der Waals surface area contributed by atoms with Crippen molar-refractivity contribution in [2.45, 2.75) is 27.2 Å². The summed E-state index contributed by atoms with van der Waals surface area (Å²) in [6.45, 7) is 5.63. The van der Waals surface area contributed by atoms with Crippen molar-refractivity contribution in [1.82, 2.24) is 4.72 Å². The summed E-state index contributed by atoms with van der Waals surface area (Å²) in [5.41, 5.74) is 1.92. The lowest BCUT2D eigenvalue weighted by molar-refractivity contribution is -0.116. The van der Waals surface area contributed by atoms with Crippen LogP contribution in [0.3, 0.4) is 0 Å². The Labute approximate surface area is 121 Å². The van der Waals surface area contributed by atoms with Gasteiger partial charge in [0, 0.05) is 25.7 Å². The van der Waals surface area contributed by atoms with Gasteiger partial charge in [-0.15, -0.1) is 0 Å². The number of rotatable bonds is 7. The molecule has 0 aliphatic carbocycles. The van der Waals surface area contributed by atoms with Crippen LogP contribution in [-0.2, 0) is 21.2 Å². The molecule has 0 radical (unpaired) electrons. The number of benzene rings is 1. The van der Waals surface area contributed by atoms with Crippen LogP contribution in [0.15, 0.2) is 24.3 Å². The van der Waals surface area contributed by atoms with Crippen molar-refractivity contribution >= 4 is 21.6 Å². The number of nitrogens with one attached hydrogen (secondary N) is 1. The van der Waals surface area contributed by atoms with Crippen molar-refractivity contribution in [3.63, 3.8) is 0 Å². The second-order valence-electron chi connectivity index (χ2n) is 4.45. The highest BCUT2D eigenvalue weighted by Crippen LogP contribution is 2.20. The molecule has 0 heterocycles. The number of carbonyl (C=O) groups is 1. The number of para-hydroxylation sites is 1. The maximum absolute atomic E-state index is 11.8. The highest BCUT2D eigenvalue weighted by atomic mass is 32.2. The molecule has 1 amide bonds. The van der Waals surface area contributed by atoms with E-state index in [1.807, 2.05) is 31.2 Å². The molecule has 0 aliphatic heterocycles. The highest BCUT2D eigenvalue weighted by Gasteiger charge is 2.15. The molecule has 6 heteroatoms. The van der Waals surface area contributed by atoms with Gasteiger partial charge in [-0.05, 0) is 25.0 Å². The summed E-state index contributed by atoms with van der Waals surface area (Å²) in [4.78, 5) is 13.4. The Morgan fingerprint density at radius 3 is 2.45 bits per heavy atom. The molecular formula is C14H22N2O3S. The zero-order valence-electron chi connectivity index (χ0n) is 12.2. The van der Waals surface area contributed by atoms with E-state index in [0.29, 0.717) is 6.54 Å². The lowest BCUT2D eigenvalue weighted by Crippen LogP contribution is -2.38. The molecule has 0 spiro atoms. The van der Waals surface area contributed by atoms with Gasteiger partial charge in [0.25, 0.3) is 0 Å². The predicted molar refractivity (Wildman–Crippen MR) is 81.3 cm³/mol. The normalized spacial score (nSPS) is 11.3. The van der Waals surface area contributed by atoms with Gasteiger partial charge in [0.2, 0.25) is 15.9 Å². The number of anilines is 1. The maximum Gasteiger partial charge on any atom is 0.223 e. The van der Waals surface area contributed by atoms with E-state index < -0.39 is 10.0 Å². The van der Waals surface area contributed by atoms with Gasteiger partial charge >= 0.3 is 0 Å². The van der Waals surface area contributed by atoms with Gasteiger partial charge in [-0.2, -0.15) is 0 Å². The molecule has 0 atom stereocenters. The summed E-state index contributed by atoms with van der Waals surface area (Å²) >= 11 is 0. The Bertz CT molecular complexity index is 555. The van der Waals surface area contributed by atoms with E-state index in [2.05, 4.69) is 4.72 Å². The summed E-state index contributed by atoms with van der Waals surface area (Å²) in [7, 11) is -3.23. The molecule has 5 nitrogen and oxygen atoms in total. The second-order valence-corrected chi connectivity index (χ2v) is 6.55. The Morgan fingerprint density at radius 2 is 1.90 bits per heavy atom. The minimum Gasteiger partial charge on any atom is -0.311 e. The van der Waals surface area contributed by atoms with Crippen LogP contribution >= 0.6 is 0 Å². The monoisotopic (exact) mass is 298 g/mol. The third-order valence-corrected chi connectivity index (χ3v) is 4.48. The van der Waals surface area contributed by atoms with E-state index in [1.165, 1.54) is 6.92 Å². The molecule has 0 saturated carbocycles. The Kier molecular flexibility index (Phi) is 6.16. The Morgan fingerprint density at radius 1 is 1.25 bits per heavy atom. The van der Waals surface area contributed by atoms with Gasteiger partial charge in [-0.1, -0.05) is 25.1 Å². The van der Waals surface area contributed by atoms with E-state index >= 15 is 0 Å². The first kappa shape index (κ1) is 16.7. The van der Waals surface area contributed by atoms with Crippen molar-refractivity contribution < 1.29 is 13.2 Å². The van der Waals surface area contributed by atoms with Crippen molar-refractivity contribution in [1.29, 1.82) is 0 Å². The van der Waals surface area contributed by atoms with Crippen LogP contribution in [0.4, 0.5) is 5.69 Å². The smallest absolute Gasteiger partial charge is 0.223 e. The molecule has 112 valence electrons. The van der Waals surface area contributed by atoms with Crippen molar-refractivity contribution in [3.05, 3.63) is 29.8 Å². The van der Waals surface area contributed by atoms with Crippen LogP contribution in [0.5, 0.6) is 0 Å². The fraction of sp³-hybridized carbons (Fsp3) is 0.500. The average molecular weight is 298 g/mol. The summed E-state index contributed by atoms with van der Waals surface area (Å²) in [5.74, 6) is -0.0554. The summed E-state index contributed by atoms with van der Waals surface area (Å²) in [5, 5.41) is 0. The topological polar surface area (TPSA) is 66.5 Å². The molecule has 1 aromatic rings. The number of hydrogen-bond donors (Lipinski definition) is 1. The molecule has 0 aromatic heterocycles. The minimum atomic E-state index is -3.23. The lowest BCUT2D eigenvalue weighted by Gasteiger charge is -2.23. The number of carbonyl (C=O) groups excluding carboxylic acids is 1. The average Bonchev–Trinajstić information content (AvgIpc) is 2.43. The van der Waals surface area contributed by atoms with Gasteiger partial charge in [0.15, 0.2) is 0 Å². The van der Waals surface area contributed by atoms with Crippen molar-refractivity contribution in [3.8, 4) is 0 Å². The molecule has 20 heavy (non-hydrogen) atoms. The van der Waals surface area contributed by atoms with E-state index in [0.717, 1.165) is 17.7 Å². The summed E-state index contributed by atoms with van der Waals surface area (Å²) < 4.78 is 25.3. The standard InChI is InChI=1S/C14H22N2O3S/c1-4-13-8-6-7-9-14(13)16(12(3)17)11-10-15-20(18,19)5-2/h6-9,15H,4-5,10-11H2,1-3H3. The SMILES string of the molecule is CCc1ccccc1N(CCNS(=O)(=O)CC)C(C)=O. The van der Waals surface area contributed by atoms with Gasteiger partial charge < -0.3 is 4.90 Å². The molecule has 1 aromatic carbocycles. The molecule has 0 unspecified atom stereocenters. The van der Waals surface area contributed by atoms with Gasteiger partial charge in [-0.25, -0.2) is 13.1 Å². The van der Waals surface area contributed by atoms with Gasteiger partial charge in [0.1, 0.15) is 0 Å². The molecule has 0 saturated heterocycles. The quantitative estimate of drug-likeness (QED) is 0.830. The predicted octanol–water partition coefficient (Wildman–Crippen LogP) is 1.54. The molecule has 0 fully saturated rings. The van der Waals surface area contributed by atoms with Crippen LogP contribution in [0, 0.1) is 0 Å². The van der Waals surface area contributed by atoms with E-state index in [4.69, 9.17) is 0 Å². The molecule has 0 bridgehead atoms. The lowest BCUT2D eigenvalue weighted by atomic mass is 10.1. The Balaban J connectivity index is 2.83. The van der Waals surface area contributed by atoms with Crippen LogP contribution in [0.2, 0.25) is 0 Å². The first-order chi connectivity index (χ1) is 9.41.